The Bertz CT molecular complexity index is 930. The van der Waals surface area contributed by atoms with E-state index in [9.17, 15) is 22.8 Å². The minimum absolute atomic E-state index is 0.00222. The third-order valence-corrected chi connectivity index (χ3v) is 6.93. The molecule has 11 heteroatoms. The van der Waals surface area contributed by atoms with Gasteiger partial charge in [-0.3, -0.25) is 9.59 Å². The first kappa shape index (κ1) is 21.5. The number of hydrogen-bond donors (Lipinski definition) is 3. The summed E-state index contributed by atoms with van der Waals surface area (Å²) < 4.78 is 26.8. The van der Waals surface area contributed by atoms with E-state index < -0.39 is 33.5 Å². The van der Waals surface area contributed by atoms with Gasteiger partial charge in [0.15, 0.2) is 0 Å². The zero-order valence-electron chi connectivity index (χ0n) is 15.9. The number of carbonyl (C=O) groups is 3. The van der Waals surface area contributed by atoms with Gasteiger partial charge in [0.05, 0.1) is 4.90 Å². The third kappa shape index (κ3) is 4.39. The number of sulfonamides is 1. The molecule has 9 nitrogen and oxygen atoms in total. The van der Waals surface area contributed by atoms with E-state index in [-0.39, 0.29) is 23.9 Å². The molecule has 1 atom stereocenters. The Kier molecular flexibility index (Phi) is 6.16. The quantitative estimate of drug-likeness (QED) is 0.429. The molecular weight excluding hydrogens is 420 g/mol. The second kappa shape index (κ2) is 8.29. The summed E-state index contributed by atoms with van der Waals surface area (Å²) in [7, 11) is -3.76. The van der Waals surface area contributed by atoms with Gasteiger partial charge in [-0.2, -0.15) is 0 Å². The maximum atomic E-state index is 12.7. The molecule has 0 radical (unpaired) electrons. The summed E-state index contributed by atoms with van der Waals surface area (Å²) in [5.41, 5.74) is -0.877. The number of imide groups is 1. The van der Waals surface area contributed by atoms with Gasteiger partial charge in [0.2, 0.25) is 15.9 Å². The van der Waals surface area contributed by atoms with Crippen LogP contribution < -0.4 is 15.4 Å². The van der Waals surface area contributed by atoms with Gasteiger partial charge >= 0.3 is 6.03 Å². The number of hydrogen-bond acceptors (Lipinski definition) is 5. The van der Waals surface area contributed by atoms with E-state index >= 15 is 0 Å². The number of rotatable bonds is 7. The van der Waals surface area contributed by atoms with Crippen LogP contribution in [0.2, 0.25) is 5.02 Å². The normalized spacial score (nSPS) is 19.4. The van der Waals surface area contributed by atoms with Crippen LogP contribution >= 0.6 is 11.6 Å². The van der Waals surface area contributed by atoms with Gasteiger partial charge in [-0.25, -0.2) is 22.8 Å². The number of nitrogens with one attached hydrogen (secondary N) is 3. The van der Waals surface area contributed by atoms with Crippen LogP contribution in [0.5, 0.6) is 0 Å². The number of nitrogens with zero attached hydrogens (tertiary/aromatic N) is 1. The van der Waals surface area contributed by atoms with Crippen LogP contribution in [-0.2, 0) is 19.6 Å². The predicted molar refractivity (Wildman–Crippen MR) is 106 cm³/mol. The summed E-state index contributed by atoms with van der Waals surface area (Å²) in [6, 6.07) is 4.25. The fraction of sp³-hybridized carbons (Fsp3) is 0.500. The number of benzene rings is 1. The van der Waals surface area contributed by atoms with E-state index in [4.69, 9.17) is 11.6 Å². The van der Waals surface area contributed by atoms with Crippen LogP contribution in [0.25, 0.3) is 0 Å². The van der Waals surface area contributed by atoms with Crippen LogP contribution in [0.1, 0.15) is 32.6 Å². The van der Waals surface area contributed by atoms with Crippen molar-refractivity contribution < 1.29 is 22.8 Å². The van der Waals surface area contributed by atoms with Crippen molar-refractivity contribution >= 4 is 39.5 Å². The lowest BCUT2D eigenvalue weighted by molar-refractivity contribution is -0.137. The Balaban J connectivity index is 1.52. The molecular formula is C18H23ClN4O5S. The van der Waals surface area contributed by atoms with Crippen LogP contribution in [0.4, 0.5) is 4.79 Å². The monoisotopic (exact) mass is 442 g/mol. The van der Waals surface area contributed by atoms with Crippen molar-refractivity contribution in [3.63, 3.8) is 0 Å². The summed E-state index contributed by atoms with van der Waals surface area (Å²) in [4.78, 5) is 38.3. The molecule has 1 aliphatic heterocycles. The van der Waals surface area contributed by atoms with Gasteiger partial charge in [0.25, 0.3) is 5.91 Å². The second-order valence-corrected chi connectivity index (χ2v) is 9.42. The summed E-state index contributed by atoms with van der Waals surface area (Å²) in [5.74, 6) is -0.908. The molecule has 0 bridgehead atoms. The summed E-state index contributed by atoms with van der Waals surface area (Å²) in [5, 5.41) is 5.57. The fourth-order valence-corrected chi connectivity index (χ4v) is 5.00. The molecule has 2 fully saturated rings. The zero-order valence-corrected chi connectivity index (χ0v) is 17.5. The molecule has 1 unspecified atom stereocenters. The third-order valence-electron chi connectivity index (χ3n) is 5.24. The van der Waals surface area contributed by atoms with Crippen molar-refractivity contribution in [3.8, 4) is 0 Å². The summed E-state index contributed by atoms with van der Waals surface area (Å²) in [6.07, 6.45) is 2.86. The van der Waals surface area contributed by atoms with E-state index in [2.05, 4.69) is 15.4 Å². The van der Waals surface area contributed by atoms with Crippen molar-refractivity contribution in [2.75, 3.05) is 13.1 Å². The minimum atomic E-state index is -3.76. The summed E-state index contributed by atoms with van der Waals surface area (Å²) >= 11 is 5.81. The van der Waals surface area contributed by atoms with Crippen LogP contribution in [0.15, 0.2) is 29.2 Å². The van der Waals surface area contributed by atoms with Crippen molar-refractivity contribution in [3.05, 3.63) is 29.3 Å². The highest BCUT2D eigenvalue weighted by Gasteiger charge is 2.54. The minimum Gasteiger partial charge on any atom is -0.353 e. The highest BCUT2D eigenvalue weighted by atomic mass is 35.5. The maximum Gasteiger partial charge on any atom is 0.325 e. The lowest BCUT2D eigenvalue weighted by Gasteiger charge is -2.23. The van der Waals surface area contributed by atoms with E-state index in [1.54, 1.807) is 6.07 Å². The van der Waals surface area contributed by atoms with Gasteiger partial charge in [0, 0.05) is 18.1 Å². The van der Waals surface area contributed by atoms with Crippen LogP contribution in [0.3, 0.4) is 0 Å². The molecule has 0 aromatic heterocycles. The molecule has 1 saturated heterocycles. The molecule has 1 saturated carbocycles. The molecule has 1 heterocycles. The first-order chi connectivity index (χ1) is 13.7. The number of amides is 4. The molecule has 158 valence electrons. The lowest BCUT2D eigenvalue weighted by Crippen LogP contribution is -2.50. The van der Waals surface area contributed by atoms with E-state index in [1.165, 1.54) is 25.1 Å². The van der Waals surface area contributed by atoms with Gasteiger partial charge < -0.3 is 10.6 Å². The Morgan fingerprint density at radius 1 is 1.28 bits per heavy atom. The first-order valence-corrected chi connectivity index (χ1v) is 11.2. The Hall–Kier alpha value is -2.17. The van der Waals surface area contributed by atoms with Crippen LogP contribution in [-0.4, -0.2) is 55.8 Å². The van der Waals surface area contributed by atoms with Crippen molar-refractivity contribution in [1.29, 1.82) is 0 Å². The van der Waals surface area contributed by atoms with Crippen LogP contribution in [0, 0.1) is 0 Å². The molecule has 3 rings (SSSR count). The van der Waals surface area contributed by atoms with E-state index in [0.29, 0.717) is 17.9 Å². The van der Waals surface area contributed by atoms with E-state index in [1.807, 2.05) is 0 Å². The van der Waals surface area contributed by atoms with E-state index in [0.717, 1.165) is 17.7 Å². The Labute approximate surface area is 174 Å². The first-order valence-electron chi connectivity index (χ1n) is 9.35. The van der Waals surface area contributed by atoms with Crippen molar-refractivity contribution in [2.24, 2.45) is 0 Å². The fourth-order valence-electron chi connectivity index (χ4n) is 3.66. The van der Waals surface area contributed by atoms with Gasteiger partial charge in [0.1, 0.15) is 11.6 Å². The summed E-state index contributed by atoms with van der Waals surface area (Å²) in [6.45, 7) is 1.41. The van der Waals surface area contributed by atoms with Gasteiger partial charge in [-0.1, -0.05) is 30.5 Å². The average Bonchev–Trinajstić information content (AvgIpc) is 3.23. The van der Waals surface area contributed by atoms with Crippen molar-refractivity contribution in [2.45, 2.75) is 49.1 Å². The molecule has 1 aromatic carbocycles. The lowest BCUT2D eigenvalue weighted by atomic mass is 9.97. The molecule has 29 heavy (non-hydrogen) atoms. The smallest absolute Gasteiger partial charge is 0.325 e. The molecule has 1 spiro atoms. The standard InChI is InChI=1S/C18H23ClN4O5S/c1-12(23-16(25)18(22-17(23)26)7-2-3-8-18)15(24)20-9-10-21-29(27,28)14-6-4-5-13(19)11-14/h4-6,11-12,21H,2-3,7-10H2,1H3,(H,20,24)(H,22,26). The van der Waals surface area contributed by atoms with Gasteiger partial charge in [-0.15, -0.1) is 0 Å². The SMILES string of the molecule is CC(C(=O)NCCNS(=O)(=O)c1cccc(Cl)c1)N1C(=O)NC2(CCCC2)C1=O. The largest absolute Gasteiger partial charge is 0.353 e. The second-order valence-electron chi connectivity index (χ2n) is 7.22. The Morgan fingerprint density at radius 3 is 2.62 bits per heavy atom. The highest BCUT2D eigenvalue weighted by Crippen LogP contribution is 2.35. The van der Waals surface area contributed by atoms with Crippen molar-refractivity contribution in [1.82, 2.24) is 20.3 Å². The molecule has 1 aromatic rings. The number of halogens is 1. The molecule has 1 aliphatic carbocycles. The zero-order chi connectivity index (χ0) is 21.2. The maximum absolute atomic E-state index is 12.7. The highest BCUT2D eigenvalue weighted by molar-refractivity contribution is 7.89. The molecule has 3 N–H and O–H groups in total. The number of urea groups is 1. The number of carbonyl (C=O) groups excluding carboxylic acids is 3. The molecule has 4 amide bonds. The predicted octanol–water partition coefficient (Wildman–Crippen LogP) is 0.988. The Morgan fingerprint density at radius 2 is 1.97 bits per heavy atom. The average molecular weight is 443 g/mol. The van der Waals surface area contributed by atoms with Gasteiger partial charge in [-0.05, 0) is 38.0 Å². The molecule has 2 aliphatic rings. The topological polar surface area (TPSA) is 125 Å².